The molecule has 1 aliphatic carbocycles. The topological polar surface area (TPSA) is 64.4 Å². The highest BCUT2D eigenvalue weighted by Crippen LogP contribution is 2.40. The van der Waals surface area contributed by atoms with Crippen LogP contribution in [0.3, 0.4) is 0 Å². The third-order valence-corrected chi connectivity index (χ3v) is 4.13. The number of nitrogens with zero attached hydrogens (tertiary/aromatic N) is 1. The van der Waals surface area contributed by atoms with E-state index >= 15 is 0 Å². The van der Waals surface area contributed by atoms with Crippen LogP contribution in [0.5, 0.6) is 0 Å². The van der Waals surface area contributed by atoms with Crippen molar-refractivity contribution >= 4 is 22.7 Å². The fourth-order valence-corrected chi connectivity index (χ4v) is 2.72. The lowest BCUT2D eigenvalue weighted by Crippen LogP contribution is -2.30. The van der Waals surface area contributed by atoms with Crippen molar-refractivity contribution < 1.29 is 13.9 Å². The summed E-state index contributed by atoms with van der Waals surface area (Å²) in [5.74, 6) is 1.30. The van der Waals surface area contributed by atoms with E-state index in [1.54, 1.807) is 0 Å². The van der Waals surface area contributed by atoms with Crippen LogP contribution in [0.15, 0.2) is 22.6 Å². The summed E-state index contributed by atoms with van der Waals surface area (Å²) < 4.78 is 11.1. The minimum absolute atomic E-state index is 0.0241. The Morgan fingerprint density at radius 3 is 2.95 bits per heavy atom. The van der Waals surface area contributed by atoms with Crippen LogP contribution in [0.1, 0.15) is 37.5 Å². The van der Waals surface area contributed by atoms with Gasteiger partial charge in [0.05, 0.1) is 12.5 Å². The molecule has 0 radical (unpaired) electrons. The number of benzene rings is 1. The third-order valence-electron chi connectivity index (χ3n) is 4.13. The largest absolute Gasteiger partial charge is 0.440 e. The molecule has 1 saturated heterocycles. The number of hydrogen-bond acceptors (Lipinski definition) is 4. The number of carbonyl (C=O) groups excluding carboxylic acids is 1. The zero-order valence-corrected chi connectivity index (χ0v) is 11.8. The second kappa shape index (κ2) is 5.15. The molecular weight excluding hydrogens is 268 g/mol. The van der Waals surface area contributed by atoms with E-state index in [1.807, 2.05) is 18.2 Å². The Labute approximate surface area is 122 Å². The monoisotopic (exact) mass is 286 g/mol. The molecule has 4 rings (SSSR count). The van der Waals surface area contributed by atoms with Crippen molar-refractivity contribution in [3.63, 3.8) is 0 Å². The van der Waals surface area contributed by atoms with Gasteiger partial charge in [0.1, 0.15) is 5.52 Å². The lowest BCUT2D eigenvalue weighted by molar-refractivity contribution is -0.123. The maximum Gasteiger partial charge on any atom is 0.229 e. The maximum absolute atomic E-state index is 12.2. The quantitative estimate of drug-likeness (QED) is 0.941. The average molecular weight is 286 g/mol. The Bertz CT molecular complexity index is 669. The SMILES string of the molecule is O=C(Nc1ccc2nc(C3CC3)oc2c1)[C@H]1CCCOC1. The van der Waals surface area contributed by atoms with Gasteiger partial charge in [-0.1, -0.05) is 0 Å². The first kappa shape index (κ1) is 12.8. The van der Waals surface area contributed by atoms with E-state index in [0.29, 0.717) is 12.5 Å². The number of carbonyl (C=O) groups is 1. The van der Waals surface area contributed by atoms with Gasteiger partial charge >= 0.3 is 0 Å². The summed E-state index contributed by atoms with van der Waals surface area (Å²) in [5.41, 5.74) is 2.36. The average Bonchev–Trinajstić information content (AvgIpc) is 3.28. The Hall–Kier alpha value is -1.88. The molecule has 1 amide bonds. The van der Waals surface area contributed by atoms with Gasteiger partial charge < -0.3 is 14.5 Å². The summed E-state index contributed by atoms with van der Waals surface area (Å²) in [6.45, 7) is 1.28. The van der Waals surface area contributed by atoms with E-state index in [-0.39, 0.29) is 11.8 Å². The first-order valence-corrected chi connectivity index (χ1v) is 7.59. The number of rotatable bonds is 3. The van der Waals surface area contributed by atoms with Gasteiger partial charge in [0, 0.05) is 24.3 Å². The summed E-state index contributed by atoms with van der Waals surface area (Å²) in [5, 5.41) is 2.95. The number of amides is 1. The van der Waals surface area contributed by atoms with Crippen molar-refractivity contribution in [3.8, 4) is 0 Å². The number of oxazole rings is 1. The van der Waals surface area contributed by atoms with Crippen LogP contribution < -0.4 is 5.32 Å². The fourth-order valence-electron chi connectivity index (χ4n) is 2.72. The smallest absolute Gasteiger partial charge is 0.229 e. The van der Waals surface area contributed by atoms with Gasteiger partial charge in [0.25, 0.3) is 0 Å². The van der Waals surface area contributed by atoms with Crippen LogP contribution in [-0.4, -0.2) is 24.1 Å². The molecule has 5 heteroatoms. The van der Waals surface area contributed by atoms with Gasteiger partial charge in [0.15, 0.2) is 11.5 Å². The van der Waals surface area contributed by atoms with Crippen molar-refractivity contribution in [1.29, 1.82) is 0 Å². The van der Waals surface area contributed by atoms with Crippen LogP contribution in [0.25, 0.3) is 11.1 Å². The first-order valence-electron chi connectivity index (χ1n) is 7.59. The summed E-state index contributed by atoms with van der Waals surface area (Å²) >= 11 is 0. The van der Waals surface area contributed by atoms with E-state index in [4.69, 9.17) is 9.15 Å². The summed E-state index contributed by atoms with van der Waals surface area (Å²) in [6, 6.07) is 5.64. The molecule has 1 atom stereocenters. The third kappa shape index (κ3) is 2.65. The van der Waals surface area contributed by atoms with Crippen LogP contribution in [0, 0.1) is 5.92 Å². The zero-order valence-electron chi connectivity index (χ0n) is 11.8. The standard InChI is InChI=1S/C16H18N2O3/c19-15(11-2-1-7-20-9-11)17-12-5-6-13-14(8-12)21-16(18-13)10-3-4-10/h5-6,8,10-11H,1-4,7,9H2,(H,17,19)/t11-/m0/s1. The molecule has 2 aliphatic rings. The van der Waals surface area contributed by atoms with Gasteiger partial charge in [-0.15, -0.1) is 0 Å². The van der Waals surface area contributed by atoms with Gasteiger partial charge in [-0.05, 0) is 37.8 Å². The van der Waals surface area contributed by atoms with Gasteiger partial charge in [0.2, 0.25) is 5.91 Å². The minimum Gasteiger partial charge on any atom is -0.440 e. The number of fused-ring (bicyclic) bond motifs is 1. The van der Waals surface area contributed by atoms with Gasteiger partial charge in [-0.2, -0.15) is 0 Å². The Morgan fingerprint density at radius 2 is 2.19 bits per heavy atom. The van der Waals surface area contributed by atoms with Crippen molar-refractivity contribution in [2.45, 2.75) is 31.6 Å². The predicted octanol–water partition coefficient (Wildman–Crippen LogP) is 3.07. The van der Waals surface area contributed by atoms with Gasteiger partial charge in [-0.25, -0.2) is 4.98 Å². The van der Waals surface area contributed by atoms with E-state index < -0.39 is 0 Å². The van der Waals surface area contributed by atoms with E-state index in [2.05, 4.69) is 10.3 Å². The number of anilines is 1. The molecule has 1 aliphatic heterocycles. The summed E-state index contributed by atoms with van der Waals surface area (Å²) in [7, 11) is 0. The highest BCUT2D eigenvalue weighted by atomic mass is 16.5. The number of ether oxygens (including phenoxy) is 1. The van der Waals surface area contributed by atoms with Crippen molar-refractivity contribution in [2.24, 2.45) is 5.92 Å². The van der Waals surface area contributed by atoms with Crippen LogP contribution in [0.4, 0.5) is 5.69 Å². The number of nitrogens with one attached hydrogen (secondary N) is 1. The Balaban J connectivity index is 1.51. The molecule has 0 bridgehead atoms. The highest BCUT2D eigenvalue weighted by Gasteiger charge is 2.29. The molecular formula is C16H18N2O3. The predicted molar refractivity (Wildman–Crippen MR) is 78.2 cm³/mol. The fraction of sp³-hybridized carbons (Fsp3) is 0.500. The highest BCUT2D eigenvalue weighted by molar-refractivity contribution is 5.94. The van der Waals surface area contributed by atoms with Crippen LogP contribution in [0.2, 0.25) is 0 Å². The van der Waals surface area contributed by atoms with Gasteiger partial charge in [-0.3, -0.25) is 4.79 Å². The molecule has 2 heterocycles. The van der Waals surface area contributed by atoms with E-state index in [0.717, 1.165) is 55.0 Å². The molecule has 1 aromatic heterocycles. The lowest BCUT2D eigenvalue weighted by Gasteiger charge is -2.21. The molecule has 110 valence electrons. The number of aromatic nitrogens is 1. The molecule has 0 unspecified atom stereocenters. The van der Waals surface area contributed by atoms with Crippen molar-refractivity contribution in [3.05, 3.63) is 24.1 Å². The Kier molecular flexibility index (Phi) is 3.15. The van der Waals surface area contributed by atoms with E-state index in [9.17, 15) is 4.79 Å². The minimum atomic E-state index is -0.0498. The molecule has 1 N–H and O–H groups in total. The zero-order chi connectivity index (χ0) is 14.2. The Morgan fingerprint density at radius 1 is 1.29 bits per heavy atom. The maximum atomic E-state index is 12.2. The molecule has 5 nitrogen and oxygen atoms in total. The molecule has 21 heavy (non-hydrogen) atoms. The summed E-state index contributed by atoms with van der Waals surface area (Å²) in [4.78, 5) is 16.7. The van der Waals surface area contributed by atoms with E-state index in [1.165, 1.54) is 0 Å². The molecule has 0 spiro atoms. The molecule has 1 aromatic carbocycles. The van der Waals surface area contributed by atoms with Crippen molar-refractivity contribution in [2.75, 3.05) is 18.5 Å². The first-order chi connectivity index (χ1) is 10.3. The summed E-state index contributed by atoms with van der Waals surface area (Å²) in [6.07, 6.45) is 4.17. The second-order valence-electron chi connectivity index (χ2n) is 5.91. The number of hydrogen-bond donors (Lipinski definition) is 1. The van der Waals surface area contributed by atoms with Crippen LogP contribution >= 0.6 is 0 Å². The van der Waals surface area contributed by atoms with Crippen molar-refractivity contribution in [1.82, 2.24) is 4.98 Å². The molecule has 2 fully saturated rings. The lowest BCUT2D eigenvalue weighted by atomic mass is 10.0. The molecule has 1 saturated carbocycles. The van der Waals surface area contributed by atoms with Crippen LogP contribution in [-0.2, 0) is 9.53 Å². The second-order valence-corrected chi connectivity index (χ2v) is 5.91. The molecule has 2 aromatic rings. The normalized spacial score (nSPS) is 22.4.